The number of anilines is 1. The van der Waals surface area contributed by atoms with Crippen LogP contribution in [0.5, 0.6) is 5.75 Å². The van der Waals surface area contributed by atoms with Crippen molar-refractivity contribution < 1.29 is 14.0 Å². The van der Waals surface area contributed by atoms with Crippen LogP contribution in [-0.2, 0) is 9.31 Å². The molecule has 0 spiro atoms. The Labute approximate surface area is 128 Å². The van der Waals surface area contributed by atoms with Crippen molar-refractivity contribution >= 4 is 18.3 Å². The van der Waals surface area contributed by atoms with Crippen LogP contribution in [0.3, 0.4) is 0 Å². The molecule has 1 aliphatic rings. The maximum atomic E-state index is 6.07. The molecule has 4 nitrogen and oxygen atoms in total. The Morgan fingerprint density at radius 1 is 1.14 bits per heavy atom. The second-order valence-electron chi connectivity index (χ2n) is 7.09. The number of hydrogen-bond donors (Lipinski definition) is 1. The van der Waals surface area contributed by atoms with Crippen molar-refractivity contribution in [3.63, 3.8) is 0 Å². The summed E-state index contributed by atoms with van der Waals surface area (Å²) in [6.07, 6.45) is 0. The molecule has 1 saturated heterocycles. The summed E-state index contributed by atoms with van der Waals surface area (Å²) in [6.45, 7) is 13.0. The van der Waals surface area contributed by atoms with Crippen LogP contribution in [0.25, 0.3) is 0 Å². The molecule has 0 unspecified atom stereocenters. The smallest absolute Gasteiger partial charge is 0.491 e. The third-order valence-corrected chi connectivity index (χ3v) is 4.13. The first-order chi connectivity index (χ1) is 9.62. The van der Waals surface area contributed by atoms with Crippen molar-refractivity contribution in [2.75, 3.05) is 12.3 Å². The minimum atomic E-state index is -0.392. The van der Waals surface area contributed by atoms with Gasteiger partial charge < -0.3 is 19.8 Å². The van der Waals surface area contributed by atoms with Crippen molar-refractivity contribution in [1.29, 1.82) is 0 Å². The highest BCUT2D eigenvalue weighted by Crippen LogP contribution is 2.36. The molecule has 0 bridgehead atoms. The molecule has 1 heterocycles. The van der Waals surface area contributed by atoms with Crippen LogP contribution >= 0.6 is 0 Å². The summed E-state index contributed by atoms with van der Waals surface area (Å²) >= 11 is 0. The first-order valence-corrected chi connectivity index (χ1v) is 7.50. The van der Waals surface area contributed by atoms with Gasteiger partial charge in [0.25, 0.3) is 0 Å². The van der Waals surface area contributed by atoms with Crippen LogP contribution < -0.4 is 15.9 Å². The van der Waals surface area contributed by atoms with E-state index in [-0.39, 0.29) is 11.2 Å². The van der Waals surface area contributed by atoms with Gasteiger partial charge in [-0.15, -0.1) is 0 Å². The van der Waals surface area contributed by atoms with Gasteiger partial charge in [0.05, 0.1) is 23.5 Å². The van der Waals surface area contributed by atoms with Crippen molar-refractivity contribution in [2.24, 2.45) is 5.92 Å². The van der Waals surface area contributed by atoms with Crippen LogP contribution in [0.1, 0.15) is 41.5 Å². The fourth-order valence-electron chi connectivity index (χ4n) is 2.08. The number of rotatable bonds is 4. The predicted molar refractivity (Wildman–Crippen MR) is 86.9 cm³/mol. The molecule has 0 radical (unpaired) electrons. The highest BCUT2D eigenvalue weighted by Gasteiger charge is 2.51. The van der Waals surface area contributed by atoms with Gasteiger partial charge in [-0.2, -0.15) is 0 Å². The number of hydrogen-bond acceptors (Lipinski definition) is 4. The Bertz CT molecular complexity index is 498. The average molecular weight is 291 g/mol. The standard InChI is InChI=1S/C16H26BNO3/c1-11(2)10-19-14-8-7-12(9-13(14)18)17-20-15(3,4)16(5,6)21-17/h7-9,11H,10,18H2,1-6H3. The van der Waals surface area contributed by atoms with Gasteiger partial charge in [0, 0.05) is 0 Å². The zero-order valence-electron chi connectivity index (χ0n) is 13.9. The van der Waals surface area contributed by atoms with Crippen LogP contribution in [0.4, 0.5) is 5.69 Å². The second-order valence-corrected chi connectivity index (χ2v) is 7.09. The fraction of sp³-hybridized carbons (Fsp3) is 0.625. The monoisotopic (exact) mass is 291 g/mol. The van der Waals surface area contributed by atoms with E-state index in [9.17, 15) is 0 Å². The highest BCUT2D eigenvalue weighted by molar-refractivity contribution is 6.62. The third kappa shape index (κ3) is 3.35. The van der Waals surface area contributed by atoms with E-state index in [2.05, 4.69) is 13.8 Å². The van der Waals surface area contributed by atoms with E-state index in [1.54, 1.807) is 0 Å². The molecule has 0 amide bonds. The maximum absolute atomic E-state index is 6.07. The van der Waals surface area contributed by atoms with Crippen molar-refractivity contribution in [3.05, 3.63) is 18.2 Å². The van der Waals surface area contributed by atoms with E-state index in [1.807, 2.05) is 45.9 Å². The minimum Gasteiger partial charge on any atom is -0.491 e. The van der Waals surface area contributed by atoms with E-state index >= 15 is 0 Å². The van der Waals surface area contributed by atoms with E-state index in [0.717, 1.165) is 5.46 Å². The molecule has 1 aliphatic heterocycles. The predicted octanol–water partition coefficient (Wildman–Crippen LogP) is 2.60. The molecule has 1 aromatic carbocycles. The molecule has 2 rings (SSSR count). The molecule has 0 saturated carbocycles. The topological polar surface area (TPSA) is 53.7 Å². The number of benzene rings is 1. The number of nitrogen functional groups attached to an aromatic ring is 1. The lowest BCUT2D eigenvalue weighted by Crippen LogP contribution is -2.41. The number of ether oxygens (including phenoxy) is 1. The van der Waals surface area contributed by atoms with Crippen molar-refractivity contribution in [2.45, 2.75) is 52.7 Å². The van der Waals surface area contributed by atoms with Gasteiger partial charge in [-0.25, -0.2) is 0 Å². The lowest BCUT2D eigenvalue weighted by Gasteiger charge is -2.32. The normalized spacial score (nSPS) is 20.0. The van der Waals surface area contributed by atoms with E-state index in [4.69, 9.17) is 19.8 Å². The Morgan fingerprint density at radius 3 is 2.19 bits per heavy atom. The van der Waals surface area contributed by atoms with Crippen LogP contribution in [-0.4, -0.2) is 24.9 Å². The summed E-state index contributed by atoms with van der Waals surface area (Å²) in [4.78, 5) is 0. The first-order valence-electron chi connectivity index (χ1n) is 7.50. The van der Waals surface area contributed by atoms with Crippen LogP contribution in [0.15, 0.2) is 18.2 Å². The average Bonchev–Trinajstić information content (AvgIpc) is 2.56. The Balaban J connectivity index is 2.14. The zero-order valence-corrected chi connectivity index (χ0v) is 13.9. The van der Waals surface area contributed by atoms with Gasteiger partial charge >= 0.3 is 7.12 Å². The third-order valence-electron chi connectivity index (χ3n) is 4.13. The molecule has 21 heavy (non-hydrogen) atoms. The van der Waals surface area contributed by atoms with Gasteiger partial charge in [-0.3, -0.25) is 0 Å². The molecule has 0 aromatic heterocycles. The van der Waals surface area contributed by atoms with Gasteiger partial charge in [0.15, 0.2) is 0 Å². The lowest BCUT2D eigenvalue weighted by atomic mass is 9.79. The molecule has 5 heteroatoms. The molecule has 1 aromatic rings. The van der Waals surface area contributed by atoms with E-state index in [1.165, 1.54) is 0 Å². The lowest BCUT2D eigenvalue weighted by molar-refractivity contribution is 0.00578. The summed E-state index contributed by atoms with van der Waals surface area (Å²) in [5.74, 6) is 1.18. The van der Waals surface area contributed by atoms with Gasteiger partial charge in [-0.05, 0) is 51.2 Å². The highest BCUT2D eigenvalue weighted by atomic mass is 16.7. The van der Waals surface area contributed by atoms with Gasteiger partial charge in [-0.1, -0.05) is 19.9 Å². The number of nitrogens with two attached hydrogens (primary N) is 1. The quantitative estimate of drug-likeness (QED) is 0.684. The molecule has 116 valence electrons. The van der Waals surface area contributed by atoms with Crippen molar-refractivity contribution in [1.82, 2.24) is 0 Å². The molecule has 2 N–H and O–H groups in total. The SMILES string of the molecule is CC(C)COc1ccc(B2OC(C)(C)C(C)(C)O2)cc1N. The summed E-state index contributed by atoms with van der Waals surface area (Å²) in [6, 6.07) is 5.71. The first kappa shape index (κ1) is 16.2. The fourth-order valence-corrected chi connectivity index (χ4v) is 2.08. The molecular formula is C16H26BNO3. The van der Waals surface area contributed by atoms with Crippen LogP contribution in [0, 0.1) is 5.92 Å². The summed E-state index contributed by atoms with van der Waals surface area (Å²) in [5, 5.41) is 0. The van der Waals surface area contributed by atoms with Crippen molar-refractivity contribution in [3.8, 4) is 5.75 Å². The Hall–Kier alpha value is -1.20. The molecule has 0 aliphatic carbocycles. The Morgan fingerprint density at radius 2 is 1.71 bits per heavy atom. The van der Waals surface area contributed by atoms with E-state index in [0.29, 0.717) is 24.0 Å². The Kier molecular flexibility index (Phi) is 4.27. The molecule has 1 fully saturated rings. The minimum absolute atomic E-state index is 0.348. The largest absolute Gasteiger partial charge is 0.494 e. The maximum Gasteiger partial charge on any atom is 0.494 e. The summed E-state index contributed by atoms with van der Waals surface area (Å²) in [7, 11) is -0.392. The summed E-state index contributed by atoms with van der Waals surface area (Å²) < 4.78 is 17.7. The summed E-state index contributed by atoms with van der Waals surface area (Å²) in [5.41, 5.74) is 6.91. The van der Waals surface area contributed by atoms with Gasteiger partial charge in [0.2, 0.25) is 0 Å². The molecule has 0 atom stereocenters. The zero-order chi connectivity index (χ0) is 15.8. The van der Waals surface area contributed by atoms with Gasteiger partial charge in [0.1, 0.15) is 5.75 Å². The van der Waals surface area contributed by atoms with Crippen LogP contribution in [0.2, 0.25) is 0 Å². The van der Waals surface area contributed by atoms with E-state index < -0.39 is 7.12 Å². The second kappa shape index (κ2) is 5.54. The molecular weight excluding hydrogens is 265 g/mol.